The molecule has 0 bridgehead atoms. The van der Waals surface area contributed by atoms with Crippen LogP contribution in [0.1, 0.15) is 5.56 Å². The first kappa shape index (κ1) is 9.75. The van der Waals surface area contributed by atoms with Crippen LogP contribution in [0.25, 0.3) is 5.73 Å². The molecule has 0 amide bonds. The molecule has 0 radical (unpaired) electrons. The summed E-state index contributed by atoms with van der Waals surface area (Å²) in [6.45, 7) is 0.350. The summed E-state index contributed by atoms with van der Waals surface area (Å²) >= 11 is 0. The Bertz CT molecular complexity index is 152. The van der Waals surface area contributed by atoms with Crippen LogP contribution in [0.15, 0.2) is 24.5 Å². The number of rotatable bonds is 1. The zero-order chi connectivity index (χ0) is 5.82. The Morgan fingerprint density at radius 2 is 1.89 bits per heavy atom. The van der Waals surface area contributed by atoms with E-state index in [9.17, 15) is 0 Å². The zero-order valence-corrected chi connectivity index (χ0v) is 8.59. The Kier molecular flexibility index (Phi) is 5.98. The van der Waals surface area contributed by atoms with Gasteiger partial charge in [0.15, 0.2) is 0 Å². The number of aromatic nitrogens is 1. The van der Waals surface area contributed by atoms with Crippen molar-refractivity contribution in [3.05, 3.63) is 35.8 Å². The molecule has 0 fully saturated rings. The van der Waals surface area contributed by atoms with Gasteiger partial charge in [-0.3, -0.25) is 4.98 Å². The predicted octanol–water partition coefficient (Wildman–Crippen LogP) is -1.36. The second kappa shape index (κ2) is 5.53. The fourth-order valence-electron chi connectivity index (χ4n) is 0.501. The third-order valence-corrected chi connectivity index (χ3v) is 0.953. The first-order valence-corrected chi connectivity index (χ1v) is 2.47. The summed E-state index contributed by atoms with van der Waals surface area (Å²) in [6.07, 6.45) is 3.40. The molecule has 1 aromatic heterocycles. The molecule has 1 N–H and O–H groups in total. The van der Waals surface area contributed by atoms with Crippen molar-refractivity contribution in [1.29, 1.82) is 0 Å². The van der Waals surface area contributed by atoms with E-state index >= 15 is 0 Å². The summed E-state index contributed by atoms with van der Waals surface area (Å²) in [7, 11) is 0. The van der Waals surface area contributed by atoms with Gasteiger partial charge >= 0.3 is 51.4 Å². The monoisotopic (exact) mass is 146 g/mol. The molecule has 2 nitrogen and oxygen atoms in total. The fraction of sp³-hybridized carbons (Fsp3) is 0.167. The molecule has 0 aliphatic rings. The van der Waals surface area contributed by atoms with Gasteiger partial charge in [-0.1, -0.05) is 5.56 Å². The van der Waals surface area contributed by atoms with Crippen molar-refractivity contribution >= 4 is 0 Å². The van der Waals surface area contributed by atoms with Crippen LogP contribution >= 0.6 is 0 Å². The van der Waals surface area contributed by atoms with E-state index < -0.39 is 0 Å². The summed E-state index contributed by atoms with van der Waals surface area (Å²) in [5.41, 5.74) is 7.93. The van der Waals surface area contributed by atoms with Crippen molar-refractivity contribution in [2.24, 2.45) is 0 Å². The maximum absolute atomic E-state index is 6.92. The molecule has 3 heteroatoms. The van der Waals surface area contributed by atoms with Gasteiger partial charge in [0.2, 0.25) is 0 Å². The average molecular weight is 146 g/mol. The average Bonchev–Trinajstić information content (AvgIpc) is 1.90. The van der Waals surface area contributed by atoms with Crippen LogP contribution < -0.4 is 51.4 Å². The number of hydrogen-bond donors (Lipinski definition) is 0. The molecule has 0 atom stereocenters. The van der Waals surface area contributed by atoms with Gasteiger partial charge < -0.3 is 5.73 Å². The number of hydrogen-bond acceptors (Lipinski definition) is 1. The fourth-order valence-corrected chi connectivity index (χ4v) is 0.501. The van der Waals surface area contributed by atoms with Crippen molar-refractivity contribution < 1.29 is 51.4 Å². The molecule has 1 heterocycles. The summed E-state index contributed by atoms with van der Waals surface area (Å²) in [5, 5.41) is 0. The SMILES string of the molecule is [K+].[NH-]Cc1ccncc1. The van der Waals surface area contributed by atoms with Gasteiger partial charge in [0, 0.05) is 12.4 Å². The maximum atomic E-state index is 6.92. The van der Waals surface area contributed by atoms with Crippen LogP contribution in [0, 0.1) is 0 Å². The normalized spacial score (nSPS) is 8.11. The van der Waals surface area contributed by atoms with Gasteiger partial charge in [-0.25, -0.2) is 0 Å². The third-order valence-electron chi connectivity index (χ3n) is 0.953. The zero-order valence-electron chi connectivity index (χ0n) is 5.46. The van der Waals surface area contributed by atoms with Crippen LogP contribution in [0.3, 0.4) is 0 Å². The summed E-state index contributed by atoms with van der Waals surface area (Å²) < 4.78 is 0. The van der Waals surface area contributed by atoms with Crippen LogP contribution in [0.5, 0.6) is 0 Å². The largest absolute Gasteiger partial charge is 1.00 e. The van der Waals surface area contributed by atoms with Gasteiger partial charge in [0.25, 0.3) is 0 Å². The van der Waals surface area contributed by atoms with Gasteiger partial charge in [-0.15, -0.1) is 6.54 Å². The van der Waals surface area contributed by atoms with Crippen molar-refractivity contribution in [3.63, 3.8) is 0 Å². The molecule has 0 saturated carbocycles. The van der Waals surface area contributed by atoms with E-state index in [-0.39, 0.29) is 51.4 Å². The van der Waals surface area contributed by atoms with Gasteiger partial charge in [0.1, 0.15) is 0 Å². The molecule has 9 heavy (non-hydrogen) atoms. The Morgan fingerprint density at radius 1 is 1.33 bits per heavy atom. The van der Waals surface area contributed by atoms with Crippen LogP contribution in [-0.2, 0) is 6.54 Å². The standard InChI is InChI=1S/C6H7N2.K/c7-5-6-1-3-8-4-2-6;/h1-4,7H,5H2;/q-1;+1. The topological polar surface area (TPSA) is 36.7 Å². The first-order chi connectivity index (χ1) is 3.93. The third kappa shape index (κ3) is 3.45. The van der Waals surface area contributed by atoms with Crippen molar-refractivity contribution in [1.82, 2.24) is 4.98 Å². The smallest absolute Gasteiger partial charge is 0.674 e. The minimum absolute atomic E-state index is 0. The van der Waals surface area contributed by atoms with Crippen LogP contribution in [0.4, 0.5) is 0 Å². The molecule has 0 spiro atoms. The summed E-state index contributed by atoms with van der Waals surface area (Å²) in [6, 6.07) is 3.68. The summed E-state index contributed by atoms with van der Waals surface area (Å²) in [4.78, 5) is 3.81. The van der Waals surface area contributed by atoms with Crippen LogP contribution in [0.2, 0.25) is 0 Å². The Labute approximate surface area is 97.3 Å². The second-order valence-corrected chi connectivity index (χ2v) is 1.53. The second-order valence-electron chi connectivity index (χ2n) is 1.53. The van der Waals surface area contributed by atoms with Gasteiger partial charge in [-0.2, -0.15) is 0 Å². The maximum Gasteiger partial charge on any atom is 1.00 e. The Morgan fingerprint density at radius 3 is 2.22 bits per heavy atom. The van der Waals surface area contributed by atoms with E-state index in [4.69, 9.17) is 5.73 Å². The molecule has 0 aliphatic heterocycles. The molecule has 0 aromatic carbocycles. The minimum Gasteiger partial charge on any atom is -0.674 e. The number of pyridine rings is 1. The first-order valence-electron chi connectivity index (χ1n) is 2.47. The van der Waals surface area contributed by atoms with Crippen LogP contribution in [-0.4, -0.2) is 4.98 Å². The number of nitrogens with zero attached hydrogens (tertiary/aromatic N) is 1. The van der Waals surface area contributed by atoms with E-state index in [1.165, 1.54) is 0 Å². The van der Waals surface area contributed by atoms with Crippen molar-refractivity contribution in [3.8, 4) is 0 Å². The van der Waals surface area contributed by atoms with Crippen molar-refractivity contribution in [2.45, 2.75) is 6.54 Å². The Hall–Kier alpha value is 0.746. The molecule has 1 aromatic rings. The predicted molar refractivity (Wildman–Crippen MR) is 32.3 cm³/mol. The van der Waals surface area contributed by atoms with E-state index in [0.717, 1.165) is 5.56 Å². The minimum atomic E-state index is 0. The number of nitrogens with one attached hydrogen (secondary N) is 1. The molecule has 0 aliphatic carbocycles. The van der Waals surface area contributed by atoms with Crippen molar-refractivity contribution in [2.75, 3.05) is 0 Å². The van der Waals surface area contributed by atoms with E-state index in [1.54, 1.807) is 12.4 Å². The molecular formula is C6H7KN2. The van der Waals surface area contributed by atoms with Gasteiger partial charge in [0.05, 0.1) is 0 Å². The van der Waals surface area contributed by atoms with E-state index in [1.807, 2.05) is 12.1 Å². The quantitative estimate of drug-likeness (QED) is 0.451. The molecule has 0 saturated heterocycles. The molecule has 0 unspecified atom stereocenters. The Balaban J connectivity index is 0.000000640. The molecule has 42 valence electrons. The van der Waals surface area contributed by atoms with E-state index in [2.05, 4.69) is 4.98 Å². The molecular weight excluding hydrogens is 139 g/mol. The van der Waals surface area contributed by atoms with E-state index in [0.29, 0.717) is 6.54 Å². The molecule has 1 rings (SSSR count). The summed E-state index contributed by atoms with van der Waals surface area (Å²) in [5.74, 6) is 0. The van der Waals surface area contributed by atoms with Gasteiger partial charge in [-0.05, 0) is 12.1 Å².